The number of likely N-dealkylation sites (N-methyl/N-ethyl adjacent to an activating group) is 1. The van der Waals surface area contributed by atoms with Crippen molar-refractivity contribution in [3.05, 3.63) is 53.0 Å². The van der Waals surface area contributed by atoms with E-state index in [0.717, 1.165) is 53.1 Å². The third-order valence-corrected chi connectivity index (χ3v) is 7.28. The second-order valence-corrected chi connectivity index (χ2v) is 9.63. The van der Waals surface area contributed by atoms with Crippen LogP contribution in [0, 0.1) is 5.92 Å². The largest absolute Gasteiger partial charge is 0.392 e. The quantitative estimate of drug-likeness (QED) is 0.551. The third-order valence-electron chi connectivity index (χ3n) is 6.42. The summed E-state index contributed by atoms with van der Waals surface area (Å²) in [6.07, 6.45) is 4.28. The van der Waals surface area contributed by atoms with Gasteiger partial charge < -0.3 is 19.9 Å². The highest BCUT2D eigenvalue weighted by Crippen LogP contribution is 2.28. The molecule has 7 heteroatoms. The number of aromatic nitrogens is 1. The van der Waals surface area contributed by atoms with Crippen molar-refractivity contribution in [1.82, 2.24) is 9.88 Å². The van der Waals surface area contributed by atoms with Crippen LogP contribution in [0.2, 0.25) is 0 Å². The van der Waals surface area contributed by atoms with Gasteiger partial charge in [-0.1, -0.05) is 19.1 Å². The molecule has 1 fully saturated rings. The lowest BCUT2D eigenvalue weighted by molar-refractivity contribution is -0.119. The number of hydrogen-bond donors (Lipinski definition) is 2. The first-order valence-electron chi connectivity index (χ1n) is 11.4. The molecule has 2 amide bonds. The summed E-state index contributed by atoms with van der Waals surface area (Å²) in [6, 6.07) is 11.4. The minimum atomic E-state index is -0.105. The van der Waals surface area contributed by atoms with Crippen molar-refractivity contribution in [2.75, 3.05) is 11.4 Å². The second kappa shape index (κ2) is 9.88. The molecule has 0 spiro atoms. The van der Waals surface area contributed by atoms with Crippen LogP contribution in [0.15, 0.2) is 41.8 Å². The Morgan fingerprint density at radius 3 is 2.69 bits per heavy atom. The zero-order valence-corrected chi connectivity index (χ0v) is 19.5. The first kappa shape index (κ1) is 22.6. The highest BCUT2D eigenvalue weighted by atomic mass is 32.1. The van der Waals surface area contributed by atoms with E-state index in [0.29, 0.717) is 12.2 Å². The Morgan fingerprint density at radius 1 is 1.19 bits per heavy atom. The van der Waals surface area contributed by atoms with Gasteiger partial charge in [0.25, 0.3) is 5.91 Å². The number of fused-ring (bicyclic) bond motifs is 1. The van der Waals surface area contributed by atoms with Crippen LogP contribution in [0.4, 0.5) is 5.69 Å². The van der Waals surface area contributed by atoms with Gasteiger partial charge in [0.15, 0.2) is 0 Å². The zero-order chi connectivity index (χ0) is 22.7. The Morgan fingerprint density at radius 2 is 1.97 bits per heavy atom. The monoisotopic (exact) mass is 453 g/mol. The Kier molecular flexibility index (Phi) is 6.96. The van der Waals surface area contributed by atoms with Gasteiger partial charge in [0.2, 0.25) is 5.91 Å². The number of amides is 2. The number of aliphatic hydroxyl groups excluding tert-OH is 1. The maximum absolute atomic E-state index is 13.3. The van der Waals surface area contributed by atoms with Gasteiger partial charge >= 0.3 is 0 Å². The van der Waals surface area contributed by atoms with Crippen LogP contribution < -0.4 is 10.2 Å². The molecule has 0 aliphatic heterocycles. The first-order valence-corrected chi connectivity index (χ1v) is 12.3. The third kappa shape index (κ3) is 4.74. The van der Waals surface area contributed by atoms with E-state index in [4.69, 9.17) is 0 Å². The van der Waals surface area contributed by atoms with Crippen molar-refractivity contribution in [2.24, 2.45) is 5.92 Å². The summed E-state index contributed by atoms with van der Waals surface area (Å²) in [5.74, 6) is 0.525. The number of thiophene rings is 1. The van der Waals surface area contributed by atoms with Gasteiger partial charge in [-0.2, -0.15) is 0 Å². The molecule has 1 aliphatic rings. The van der Waals surface area contributed by atoms with E-state index < -0.39 is 0 Å². The standard InChI is InChI=1S/C25H31N3O3S/c1-3-27(20-6-4-5-18(13-20)16-29)24(30)15-28-21-11-12-32-23(21)14-22(28)25(31)26-19-9-7-17(2)8-10-19/h4-6,11-14,17,19,29H,3,7-10,15-16H2,1-2H3,(H,26,31)/t17-,19-. The van der Waals surface area contributed by atoms with E-state index in [1.54, 1.807) is 16.2 Å². The molecule has 32 heavy (non-hydrogen) atoms. The van der Waals surface area contributed by atoms with Crippen molar-refractivity contribution in [3.63, 3.8) is 0 Å². The van der Waals surface area contributed by atoms with Gasteiger partial charge in [-0.05, 0) is 73.7 Å². The molecule has 2 N–H and O–H groups in total. The number of benzene rings is 1. The van der Waals surface area contributed by atoms with Crippen LogP contribution >= 0.6 is 11.3 Å². The predicted molar refractivity (Wildman–Crippen MR) is 129 cm³/mol. The number of anilines is 1. The molecule has 0 saturated heterocycles. The second-order valence-electron chi connectivity index (χ2n) is 8.68. The normalized spacial score (nSPS) is 18.6. The average Bonchev–Trinajstić information content (AvgIpc) is 3.39. The lowest BCUT2D eigenvalue weighted by Crippen LogP contribution is -2.39. The molecule has 0 unspecified atom stereocenters. The molecule has 1 saturated carbocycles. The molecule has 2 heterocycles. The molecule has 0 radical (unpaired) electrons. The summed E-state index contributed by atoms with van der Waals surface area (Å²) in [5.41, 5.74) is 2.96. The van der Waals surface area contributed by atoms with Gasteiger partial charge in [0.1, 0.15) is 12.2 Å². The number of nitrogens with one attached hydrogen (secondary N) is 1. The van der Waals surface area contributed by atoms with E-state index in [1.807, 2.05) is 53.3 Å². The molecule has 0 bridgehead atoms. The molecule has 0 atom stereocenters. The highest BCUT2D eigenvalue weighted by molar-refractivity contribution is 7.17. The van der Waals surface area contributed by atoms with E-state index in [9.17, 15) is 14.7 Å². The molecule has 2 aromatic heterocycles. The molecule has 170 valence electrons. The summed E-state index contributed by atoms with van der Waals surface area (Å²) >= 11 is 1.58. The maximum atomic E-state index is 13.3. The zero-order valence-electron chi connectivity index (χ0n) is 18.7. The topological polar surface area (TPSA) is 74.6 Å². The Hall–Kier alpha value is -2.64. The fourth-order valence-corrected chi connectivity index (χ4v) is 5.37. The number of carbonyl (C=O) groups excluding carboxylic acids is 2. The summed E-state index contributed by atoms with van der Waals surface area (Å²) in [4.78, 5) is 28.2. The number of aliphatic hydroxyl groups is 1. The molecule has 1 aliphatic carbocycles. The van der Waals surface area contributed by atoms with E-state index in [-0.39, 0.29) is 31.0 Å². The van der Waals surface area contributed by atoms with E-state index in [1.165, 1.54) is 0 Å². The van der Waals surface area contributed by atoms with Crippen LogP contribution in [0.3, 0.4) is 0 Å². The van der Waals surface area contributed by atoms with Crippen LogP contribution in [0.25, 0.3) is 10.2 Å². The summed E-state index contributed by atoms with van der Waals surface area (Å²) in [7, 11) is 0. The maximum Gasteiger partial charge on any atom is 0.268 e. The lowest BCUT2D eigenvalue weighted by Gasteiger charge is -2.27. The van der Waals surface area contributed by atoms with E-state index in [2.05, 4.69) is 12.2 Å². The summed E-state index contributed by atoms with van der Waals surface area (Å²) in [6.45, 7) is 4.71. The molecular formula is C25H31N3O3S. The van der Waals surface area contributed by atoms with Gasteiger partial charge in [-0.15, -0.1) is 11.3 Å². The molecule has 4 rings (SSSR count). The summed E-state index contributed by atoms with van der Waals surface area (Å²) < 4.78 is 2.85. The van der Waals surface area contributed by atoms with Crippen molar-refractivity contribution >= 4 is 39.1 Å². The van der Waals surface area contributed by atoms with Crippen LogP contribution in [-0.2, 0) is 17.9 Å². The number of hydrogen-bond acceptors (Lipinski definition) is 4. The first-order chi connectivity index (χ1) is 15.5. The fraction of sp³-hybridized carbons (Fsp3) is 0.440. The Bertz CT molecular complexity index is 1090. The van der Waals surface area contributed by atoms with Gasteiger partial charge in [0.05, 0.1) is 16.8 Å². The van der Waals surface area contributed by atoms with Crippen LogP contribution in [0.5, 0.6) is 0 Å². The minimum absolute atomic E-state index is 0.0724. The van der Waals surface area contributed by atoms with Crippen LogP contribution in [-0.4, -0.2) is 34.1 Å². The van der Waals surface area contributed by atoms with Gasteiger partial charge in [-0.25, -0.2) is 0 Å². The van der Waals surface area contributed by atoms with Crippen molar-refractivity contribution in [2.45, 2.75) is 58.7 Å². The number of carbonyl (C=O) groups is 2. The number of rotatable bonds is 7. The van der Waals surface area contributed by atoms with Crippen molar-refractivity contribution in [1.29, 1.82) is 0 Å². The number of nitrogens with zero attached hydrogens (tertiary/aromatic N) is 2. The molecule has 1 aromatic carbocycles. The fourth-order valence-electron chi connectivity index (χ4n) is 4.55. The summed E-state index contributed by atoms with van der Waals surface area (Å²) in [5, 5.41) is 14.6. The van der Waals surface area contributed by atoms with Crippen molar-refractivity contribution < 1.29 is 14.7 Å². The predicted octanol–water partition coefficient (Wildman–Crippen LogP) is 4.56. The molecular weight excluding hydrogens is 422 g/mol. The van der Waals surface area contributed by atoms with Crippen LogP contribution in [0.1, 0.15) is 55.6 Å². The Labute approximate surface area is 192 Å². The average molecular weight is 454 g/mol. The molecule has 3 aromatic rings. The Balaban J connectivity index is 1.57. The lowest BCUT2D eigenvalue weighted by atomic mass is 9.87. The van der Waals surface area contributed by atoms with E-state index >= 15 is 0 Å². The van der Waals surface area contributed by atoms with Crippen molar-refractivity contribution in [3.8, 4) is 0 Å². The van der Waals surface area contributed by atoms with Gasteiger partial charge in [0, 0.05) is 18.3 Å². The molecule has 6 nitrogen and oxygen atoms in total. The van der Waals surface area contributed by atoms with Gasteiger partial charge in [-0.3, -0.25) is 9.59 Å². The smallest absolute Gasteiger partial charge is 0.268 e. The minimum Gasteiger partial charge on any atom is -0.392 e. The highest BCUT2D eigenvalue weighted by Gasteiger charge is 2.25. The SMILES string of the molecule is CCN(C(=O)Cn1c(C(=O)N[C@H]2CC[C@H](C)CC2)cc2sccc21)c1cccc(CO)c1.